The van der Waals surface area contributed by atoms with Gasteiger partial charge in [0.15, 0.2) is 0 Å². The summed E-state index contributed by atoms with van der Waals surface area (Å²) in [6.45, 7) is 0. The number of pyridine rings is 1. The van der Waals surface area contributed by atoms with Crippen LogP contribution in [0.3, 0.4) is 0 Å². The average molecular weight is 292 g/mol. The topological polar surface area (TPSA) is 12.9 Å². The van der Waals surface area contributed by atoms with E-state index in [-0.39, 0.29) is 5.02 Å². The molecule has 0 radical (unpaired) electrons. The van der Waals surface area contributed by atoms with Gasteiger partial charge in [0.25, 0.3) is 0 Å². The van der Waals surface area contributed by atoms with Gasteiger partial charge in [-0.1, -0.05) is 29.3 Å². The van der Waals surface area contributed by atoms with Crippen LogP contribution in [0.1, 0.15) is 5.56 Å². The van der Waals surface area contributed by atoms with Gasteiger partial charge in [0.1, 0.15) is 0 Å². The van der Waals surface area contributed by atoms with Crippen LogP contribution in [-0.2, 0) is 6.18 Å². The number of hydrogen-bond donors (Lipinski definition) is 0. The molecule has 6 heteroatoms. The molecule has 1 aromatic heterocycles. The zero-order chi connectivity index (χ0) is 13.3. The molecule has 0 saturated carbocycles. The van der Waals surface area contributed by atoms with Crippen molar-refractivity contribution in [2.45, 2.75) is 6.18 Å². The molecule has 0 amide bonds. The third kappa shape index (κ3) is 2.76. The molecule has 1 aromatic carbocycles. The van der Waals surface area contributed by atoms with Gasteiger partial charge in [-0.05, 0) is 23.8 Å². The molecular formula is C12H6Cl2F3N. The Morgan fingerprint density at radius 3 is 2.22 bits per heavy atom. The SMILES string of the molecule is FC(F)(F)c1cncc(-c2ccc(Cl)c(Cl)c2)c1. The zero-order valence-electron chi connectivity index (χ0n) is 8.80. The maximum Gasteiger partial charge on any atom is 0.417 e. The Bertz CT molecular complexity index is 582. The lowest BCUT2D eigenvalue weighted by Crippen LogP contribution is -2.05. The van der Waals surface area contributed by atoms with Crippen molar-refractivity contribution < 1.29 is 13.2 Å². The van der Waals surface area contributed by atoms with Gasteiger partial charge < -0.3 is 0 Å². The number of hydrogen-bond acceptors (Lipinski definition) is 1. The number of nitrogens with zero attached hydrogens (tertiary/aromatic N) is 1. The smallest absolute Gasteiger partial charge is 0.263 e. The third-order valence-corrected chi connectivity index (χ3v) is 3.06. The summed E-state index contributed by atoms with van der Waals surface area (Å²) < 4.78 is 37.6. The first-order valence-corrected chi connectivity index (χ1v) is 5.61. The Morgan fingerprint density at radius 2 is 1.61 bits per heavy atom. The molecule has 0 saturated heterocycles. The molecule has 0 N–H and O–H groups in total. The molecule has 0 fully saturated rings. The molecule has 0 spiro atoms. The summed E-state index contributed by atoms with van der Waals surface area (Å²) in [4.78, 5) is 3.58. The fourth-order valence-electron chi connectivity index (χ4n) is 1.43. The van der Waals surface area contributed by atoms with Crippen molar-refractivity contribution in [2.75, 3.05) is 0 Å². The maximum atomic E-state index is 12.5. The quantitative estimate of drug-likeness (QED) is 0.714. The number of benzene rings is 1. The summed E-state index contributed by atoms with van der Waals surface area (Å²) >= 11 is 11.6. The monoisotopic (exact) mass is 291 g/mol. The summed E-state index contributed by atoms with van der Waals surface area (Å²) in [5, 5.41) is 0.631. The fraction of sp³-hybridized carbons (Fsp3) is 0.0833. The molecule has 0 aliphatic heterocycles. The number of rotatable bonds is 1. The zero-order valence-corrected chi connectivity index (χ0v) is 10.3. The Hall–Kier alpha value is -1.26. The minimum absolute atomic E-state index is 0.284. The second-order valence-electron chi connectivity index (χ2n) is 3.59. The van der Waals surface area contributed by atoms with Crippen molar-refractivity contribution >= 4 is 23.2 Å². The highest BCUT2D eigenvalue weighted by Crippen LogP contribution is 2.33. The molecule has 1 heterocycles. The Kier molecular flexibility index (Phi) is 3.50. The minimum atomic E-state index is -4.42. The first-order valence-electron chi connectivity index (χ1n) is 4.85. The normalized spacial score (nSPS) is 11.6. The van der Waals surface area contributed by atoms with Gasteiger partial charge in [-0.3, -0.25) is 4.98 Å². The maximum absolute atomic E-state index is 12.5. The van der Waals surface area contributed by atoms with E-state index >= 15 is 0 Å². The van der Waals surface area contributed by atoms with Gasteiger partial charge in [-0.25, -0.2) is 0 Å². The number of alkyl halides is 3. The van der Waals surface area contributed by atoms with Gasteiger partial charge in [0.05, 0.1) is 15.6 Å². The van der Waals surface area contributed by atoms with Crippen LogP contribution in [0.5, 0.6) is 0 Å². The van der Waals surface area contributed by atoms with E-state index in [0.29, 0.717) is 16.1 Å². The Morgan fingerprint density at radius 1 is 0.889 bits per heavy atom. The second-order valence-corrected chi connectivity index (χ2v) is 4.40. The molecule has 94 valence electrons. The molecule has 0 aliphatic carbocycles. The van der Waals surface area contributed by atoms with Crippen molar-refractivity contribution in [1.29, 1.82) is 0 Å². The van der Waals surface area contributed by atoms with Crippen LogP contribution in [0.4, 0.5) is 13.2 Å². The van der Waals surface area contributed by atoms with E-state index in [9.17, 15) is 13.2 Å². The highest BCUT2D eigenvalue weighted by Gasteiger charge is 2.31. The van der Waals surface area contributed by atoms with Crippen LogP contribution >= 0.6 is 23.2 Å². The molecule has 18 heavy (non-hydrogen) atoms. The summed E-state index contributed by atoms with van der Waals surface area (Å²) in [6, 6.07) is 5.64. The van der Waals surface area contributed by atoms with Crippen molar-refractivity contribution in [3.63, 3.8) is 0 Å². The first-order chi connectivity index (χ1) is 8.38. The predicted octanol–water partition coefficient (Wildman–Crippen LogP) is 5.07. The fourth-order valence-corrected chi connectivity index (χ4v) is 1.73. The van der Waals surface area contributed by atoms with Crippen LogP contribution in [-0.4, -0.2) is 4.98 Å². The Labute approximate surface area is 111 Å². The molecule has 0 aliphatic rings. The second kappa shape index (κ2) is 4.78. The summed E-state index contributed by atoms with van der Waals surface area (Å²) in [6.07, 6.45) is -2.30. The lowest BCUT2D eigenvalue weighted by Gasteiger charge is -2.08. The van der Waals surface area contributed by atoms with Crippen molar-refractivity contribution in [1.82, 2.24) is 4.98 Å². The molecule has 1 nitrogen and oxygen atoms in total. The van der Waals surface area contributed by atoms with E-state index in [1.54, 1.807) is 6.07 Å². The van der Waals surface area contributed by atoms with E-state index in [2.05, 4.69) is 4.98 Å². The third-order valence-electron chi connectivity index (χ3n) is 2.32. The van der Waals surface area contributed by atoms with Gasteiger partial charge in [-0.2, -0.15) is 13.2 Å². The number of aromatic nitrogens is 1. The molecule has 0 atom stereocenters. The minimum Gasteiger partial charge on any atom is -0.263 e. The van der Waals surface area contributed by atoms with Crippen LogP contribution < -0.4 is 0 Å². The van der Waals surface area contributed by atoms with Gasteiger partial charge in [0.2, 0.25) is 0 Å². The van der Waals surface area contributed by atoms with E-state index in [1.165, 1.54) is 18.3 Å². The van der Waals surface area contributed by atoms with Crippen LogP contribution in [0.25, 0.3) is 11.1 Å². The van der Waals surface area contributed by atoms with E-state index in [0.717, 1.165) is 12.3 Å². The highest BCUT2D eigenvalue weighted by molar-refractivity contribution is 6.42. The number of halogens is 5. The lowest BCUT2D eigenvalue weighted by molar-refractivity contribution is -0.137. The molecule has 0 unspecified atom stereocenters. The van der Waals surface area contributed by atoms with Gasteiger partial charge >= 0.3 is 6.18 Å². The van der Waals surface area contributed by atoms with Crippen molar-refractivity contribution in [2.24, 2.45) is 0 Å². The van der Waals surface area contributed by atoms with E-state index in [1.807, 2.05) is 0 Å². The predicted molar refractivity (Wildman–Crippen MR) is 64.7 cm³/mol. The molecule has 2 aromatic rings. The van der Waals surface area contributed by atoms with E-state index in [4.69, 9.17) is 23.2 Å². The lowest BCUT2D eigenvalue weighted by atomic mass is 10.1. The standard InChI is InChI=1S/C12H6Cl2F3N/c13-10-2-1-7(4-11(10)14)8-3-9(6-18-5-8)12(15,16)17/h1-6H. The summed E-state index contributed by atoms with van der Waals surface area (Å²) in [7, 11) is 0. The van der Waals surface area contributed by atoms with Crippen LogP contribution in [0.15, 0.2) is 36.7 Å². The molecular weight excluding hydrogens is 286 g/mol. The Balaban J connectivity index is 2.48. The van der Waals surface area contributed by atoms with Crippen molar-refractivity contribution in [3.8, 4) is 11.1 Å². The summed E-state index contributed by atoms with van der Waals surface area (Å²) in [5.74, 6) is 0. The first kappa shape index (κ1) is 13.2. The highest BCUT2D eigenvalue weighted by atomic mass is 35.5. The average Bonchev–Trinajstić information content (AvgIpc) is 2.32. The van der Waals surface area contributed by atoms with Gasteiger partial charge in [-0.15, -0.1) is 0 Å². The molecule has 0 bridgehead atoms. The molecule has 2 rings (SSSR count). The van der Waals surface area contributed by atoms with Crippen LogP contribution in [0.2, 0.25) is 10.0 Å². The van der Waals surface area contributed by atoms with E-state index < -0.39 is 11.7 Å². The largest absolute Gasteiger partial charge is 0.417 e. The van der Waals surface area contributed by atoms with Crippen molar-refractivity contribution in [3.05, 3.63) is 52.3 Å². The van der Waals surface area contributed by atoms with Gasteiger partial charge in [0, 0.05) is 18.0 Å². The summed E-state index contributed by atoms with van der Waals surface area (Å²) in [5.41, 5.74) is 0.0671. The van der Waals surface area contributed by atoms with Crippen LogP contribution in [0, 0.1) is 0 Å².